The topological polar surface area (TPSA) is 52.9 Å². The molecular formula is C10H6Cl2N2O2S2. The van der Waals surface area contributed by atoms with Gasteiger partial charge in [0.15, 0.2) is 4.32 Å². The van der Waals surface area contributed by atoms with Crippen LogP contribution in [-0.4, -0.2) is 32.3 Å². The monoisotopic (exact) mass is 320 g/mol. The van der Waals surface area contributed by atoms with Gasteiger partial charge in [0.25, 0.3) is 5.91 Å². The van der Waals surface area contributed by atoms with Crippen molar-refractivity contribution in [1.82, 2.24) is 5.01 Å². The fraction of sp³-hybridized carbons (Fsp3) is 0.100. The summed E-state index contributed by atoms with van der Waals surface area (Å²) in [4.78, 5) is 11.4. The van der Waals surface area contributed by atoms with E-state index in [1.54, 1.807) is 0 Å². The summed E-state index contributed by atoms with van der Waals surface area (Å²) < 4.78 is 0.379. The summed E-state index contributed by atoms with van der Waals surface area (Å²) in [6.07, 6.45) is 1.29. The van der Waals surface area contributed by atoms with Crippen molar-refractivity contribution in [1.29, 1.82) is 0 Å². The number of aromatic hydroxyl groups is 1. The van der Waals surface area contributed by atoms with Crippen molar-refractivity contribution in [2.24, 2.45) is 5.10 Å². The highest BCUT2D eigenvalue weighted by atomic mass is 35.5. The normalized spacial score (nSPS) is 16.0. The first-order valence-electron chi connectivity index (χ1n) is 4.70. The molecule has 0 aromatic heterocycles. The average molecular weight is 321 g/mol. The molecule has 0 bridgehead atoms. The van der Waals surface area contributed by atoms with E-state index in [0.29, 0.717) is 14.9 Å². The molecule has 94 valence electrons. The summed E-state index contributed by atoms with van der Waals surface area (Å²) in [5.41, 5.74) is 0.319. The summed E-state index contributed by atoms with van der Waals surface area (Å²) in [5, 5.41) is 15.2. The molecule has 0 radical (unpaired) electrons. The van der Waals surface area contributed by atoms with Gasteiger partial charge in [0.1, 0.15) is 5.75 Å². The van der Waals surface area contributed by atoms with Gasteiger partial charge in [-0.25, -0.2) is 0 Å². The molecule has 2 rings (SSSR count). The lowest BCUT2D eigenvalue weighted by atomic mass is 10.2. The Hall–Kier alpha value is -0.820. The third kappa shape index (κ3) is 2.77. The van der Waals surface area contributed by atoms with Crippen molar-refractivity contribution in [3.63, 3.8) is 0 Å². The second kappa shape index (κ2) is 5.44. The van der Waals surface area contributed by atoms with Gasteiger partial charge < -0.3 is 5.11 Å². The Labute approximate surface area is 123 Å². The molecule has 0 unspecified atom stereocenters. The molecule has 1 aromatic carbocycles. The quantitative estimate of drug-likeness (QED) is 0.672. The van der Waals surface area contributed by atoms with Crippen molar-refractivity contribution in [2.45, 2.75) is 0 Å². The fourth-order valence-electron chi connectivity index (χ4n) is 1.26. The van der Waals surface area contributed by atoms with E-state index in [-0.39, 0.29) is 22.4 Å². The maximum atomic E-state index is 11.4. The minimum absolute atomic E-state index is 0.119. The van der Waals surface area contributed by atoms with Gasteiger partial charge in [-0.05, 0) is 12.1 Å². The number of rotatable bonds is 2. The molecule has 1 aliphatic rings. The van der Waals surface area contributed by atoms with Crippen LogP contribution >= 0.6 is 47.2 Å². The van der Waals surface area contributed by atoms with Crippen LogP contribution in [0.5, 0.6) is 5.75 Å². The number of carbonyl (C=O) groups is 1. The highest BCUT2D eigenvalue weighted by Crippen LogP contribution is 2.30. The van der Waals surface area contributed by atoms with Crippen LogP contribution in [0.1, 0.15) is 5.56 Å². The molecule has 1 saturated heterocycles. The molecule has 1 aromatic rings. The predicted molar refractivity (Wildman–Crippen MR) is 77.6 cm³/mol. The molecule has 1 N–H and O–H groups in total. The molecular weight excluding hydrogens is 315 g/mol. The average Bonchev–Trinajstić information content (AvgIpc) is 2.62. The van der Waals surface area contributed by atoms with Crippen LogP contribution in [0.4, 0.5) is 0 Å². The van der Waals surface area contributed by atoms with Crippen LogP contribution in [0.2, 0.25) is 10.0 Å². The molecule has 0 saturated carbocycles. The number of thiocarbonyl (C=S) groups is 1. The van der Waals surface area contributed by atoms with Crippen LogP contribution in [0.15, 0.2) is 17.2 Å². The number of phenols is 1. The van der Waals surface area contributed by atoms with E-state index in [0.717, 1.165) is 5.01 Å². The minimum Gasteiger partial charge on any atom is -0.506 e. The molecule has 1 heterocycles. The number of phenolic OH excluding ortho intramolecular Hbond substituents is 1. The number of amides is 1. The van der Waals surface area contributed by atoms with E-state index in [1.165, 1.54) is 30.1 Å². The first kappa shape index (κ1) is 13.6. The smallest absolute Gasteiger partial charge is 0.259 e. The number of hydrogen-bond acceptors (Lipinski definition) is 5. The standard InChI is InChI=1S/C10H6Cl2N2O2S2/c11-6-1-5(9(16)7(12)2-6)3-13-14-8(15)4-18-10(14)17/h1-3,16H,4H2. The predicted octanol–water partition coefficient (Wildman–Crippen LogP) is 2.89. The molecule has 4 nitrogen and oxygen atoms in total. The highest BCUT2D eigenvalue weighted by Gasteiger charge is 2.26. The molecule has 18 heavy (non-hydrogen) atoms. The van der Waals surface area contributed by atoms with Gasteiger partial charge >= 0.3 is 0 Å². The lowest BCUT2D eigenvalue weighted by Crippen LogP contribution is -2.22. The van der Waals surface area contributed by atoms with Crippen molar-refractivity contribution in [3.05, 3.63) is 27.7 Å². The van der Waals surface area contributed by atoms with Crippen LogP contribution in [-0.2, 0) is 4.79 Å². The third-order valence-electron chi connectivity index (χ3n) is 2.10. The maximum absolute atomic E-state index is 11.4. The van der Waals surface area contributed by atoms with Gasteiger partial charge in [0.2, 0.25) is 0 Å². The Kier molecular flexibility index (Phi) is 4.11. The van der Waals surface area contributed by atoms with Crippen molar-refractivity contribution in [3.8, 4) is 5.75 Å². The van der Waals surface area contributed by atoms with E-state index in [4.69, 9.17) is 35.4 Å². The Balaban J connectivity index is 2.29. The van der Waals surface area contributed by atoms with Crippen molar-refractivity contribution in [2.75, 3.05) is 5.75 Å². The van der Waals surface area contributed by atoms with E-state index in [9.17, 15) is 9.90 Å². The maximum Gasteiger partial charge on any atom is 0.259 e. The number of nitrogens with zero attached hydrogens (tertiary/aromatic N) is 2. The molecule has 8 heteroatoms. The van der Waals surface area contributed by atoms with Gasteiger partial charge in [-0.1, -0.05) is 47.2 Å². The van der Waals surface area contributed by atoms with Crippen LogP contribution < -0.4 is 0 Å². The lowest BCUT2D eigenvalue weighted by Gasteiger charge is -2.07. The van der Waals surface area contributed by atoms with Gasteiger partial charge in [-0.2, -0.15) is 10.1 Å². The first-order chi connectivity index (χ1) is 8.49. The van der Waals surface area contributed by atoms with Gasteiger partial charge in [-0.15, -0.1) is 0 Å². The van der Waals surface area contributed by atoms with E-state index >= 15 is 0 Å². The zero-order valence-electron chi connectivity index (χ0n) is 8.76. The summed E-state index contributed by atoms with van der Waals surface area (Å²) >= 11 is 17.8. The molecule has 0 spiro atoms. The minimum atomic E-state index is -0.200. The highest BCUT2D eigenvalue weighted by molar-refractivity contribution is 8.23. The third-order valence-corrected chi connectivity index (χ3v) is 3.94. The molecule has 1 aliphatic heterocycles. The number of hydrogen-bond donors (Lipinski definition) is 1. The SMILES string of the molecule is O=C1CSC(=S)N1N=Cc1cc(Cl)cc(Cl)c1O. The molecule has 1 amide bonds. The molecule has 0 aliphatic carbocycles. The number of hydrazone groups is 1. The van der Waals surface area contributed by atoms with Crippen LogP contribution in [0.25, 0.3) is 0 Å². The lowest BCUT2D eigenvalue weighted by molar-refractivity contribution is -0.123. The second-order valence-electron chi connectivity index (χ2n) is 3.33. The first-order valence-corrected chi connectivity index (χ1v) is 6.85. The van der Waals surface area contributed by atoms with Crippen LogP contribution in [0.3, 0.4) is 0 Å². The van der Waals surface area contributed by atoms with E-state index in [2.05, 4.69) is 5.10 Å². The zero-order chi connectivity index (χ0) is 13.3. The second-order valence-corrected chi connectivity index (χ2v) is 5.78. The Morgan fingerprint density at radius 3 is 2.83 bits per heavy atom. The van der Waals surface area contributed by atoms with Crippen molar-refractivity contribution >= 4 is 63.6 Å². The number of halogens is 2. The van der Waals surface area contributed by atoms with E-state index in [1.807, 2.05) is 0 Å². The summed E-state index contributed by atoms with van der Waals surface area (Å²) in [6, 6.07) is 2.90. The Morgan fingerprint density at radius 1 is 1.50 bits per heavy atom. The largest absolute Gasteiger partial charge is 0.506 e. The number of benzene rings is 1. The van der Waals surface area contributed by atoms with Gasteiger partial charge in [-0.3, -0.25) is 4.79 Å². The van der Waals surface area contributed by atoms with Gasteiger partial charge in [0, 0.05) is 10.6 Å². The summed E-state index contributed by atoms with van der Waals surface area (Å²) in [7, 11) is 0. The molecule has 0 atom stereocenters. The van der Waals surface area contributed by atoms with E-state index < -0.39 is 0 Å². The van der Waals surface area contributed by atoms with Crippen molar-refractivity contribution < 1.29 is 9.90 Å². The van der Waals surface area contributed by atoms with Gasteiger partial charge in [0.05, 0.1) is 17.0 Å². The summed E-state index contributed by atoms with van der Waals surface area (Å²) in [5.74, 6) is -0.0674. The Bertz CT molecular complexity index is 547. The molecule has 1 fully saturated rings. The zero-order valence-corrected chi connectivity index (χ0v) is 11.9. The summed E-state index contributed by atoms with van der Waals surface area (Å²) in [6.45, 7) is 0. The van der Waals surface area contributed by atoms with Crippen LogP contribution in [0, 0.1) is 0 Å². The fourth-order valence-corrected chi connectivity index (χ4v) is 2.74. The number of carbonyl (C=O) groups excluding carboxylic acids is 1. The Morgan fingerprint density at radius 2 is 2.22 bits per heavy atom. The number of thioether (sulfide) groups is 1.